The fourth-order valence-corrected chi connectivity index (χ4v) is 6.03. The van der Waals surface area contributed by atoms with E-state index in [-0.39, 0.29) is 17.4 Å². The van der Waals surface area contributed by atoms with Crippen LogP contribution in [-0.2, 0) is 11.8 Å². The summed E-state index contributed by atoms with van der Waals surface area (Å²) in [5, 5.41) is 8.56. The molecule has 0 spiro atoms. The Labute approximate surface area is 234 Å². The molecule has 10 heteroatoms. The van der Waals surface area contributed by atoms with Gasteiger partial charge in [-0.15, -0.1) is 11.3 Å². The summed E-state index contributed by atoms with van der Waals surface area (Å²) >= 11 is 1.41. The van der Waals surface area contributed by atoms with Crippen LogP contribution in [0.1, 0.15) is 40.8 Å². The molecule has 0 unspecified atom stereocenters. The molecule has 2 aromatic carbocycles. The Bertz CT molecular complexity index is 1820. The van der Waals surface area contributed by atoms with Gasteiger partial charge in [0.15, 0.2) is 0 Å². The fraction of sp³-hybridized carbons (Fsp3) is 0.233. The number of aryl methyl sites for hydroxylation is 2. The fourth-order valence-electron chi connectivity index (χ4n) is 5.46. The summed E-state index contributed by atoms with van der Waals surface area (Å²) in [7, 11) is 1.70. The zero-order chi connectivity index (χ0) is 28.2. The van der Waals surface area contributed by atoms with E-state index in [1.54, 1.807) is 40.6 Å². The standard InChI is InChI=1S/C30H28N6O3S/c1-18-25(31-17-40-18)28(38)33-27-26(19-8-6-5-7-9-19)35(29(39)30(27,2)3)21-10-12-23-20(14-21)15-32-36(23)22-11-13-24(37)34(4)16-22/h5-17,26-27H,1-4H3,(H,33,38)/t26-,27-/m1/s1. The first-order valence-corrected chi connectivity index (χ1v) is 13.8. The number of pyridine rings is 1. The highest BCUT2D eigenvalue weighted by molar-refractivity contribution is 7.09. The maximum atomic E-state index is 14.1. The number of benzene rings is 2. The van der Waals surface area contributed by atoms with Crippen molar-refractivity contribution >= 4 is 39.7 Å². The quantitative estimate of drug-likeness (QED) is 0.348. The van der Waals surface area contributed by atoms with Crippen molar-refractivity contribution in [2.75, 3.05) is 4.90 Å². The molecule has 1 saturated heterocycles. The number of rotatable bonds is 5. The number of thiazole rings is 1. The van der Waals surface area contributed by atoms with Gasteiger partial charge in [0.2, 0.25) is 11.5 Å². The van der Waals surface area contributed by atoms with Crippen LogP contribution in [0.2, 0.25) is 0 Å². The molecule has 2 amide bonds. The third-order valence-corrected chi connectivity index (χ3v) is 8.43. The molecule has 0 aliphatic carbocycles. The third kappa shape index (κ3) is 4.12. The summed E-state index contributed by atoms with van der Waals surface area (Å²) in [5.74, 6) is -0.382. The van der Waals surface area contributed by atoms with Crippen molar-refractivity contribution < 1.29 is 9.59 Å². The molecule has 2 atom stereocenters. The van der Waals surface area contributed by atoms with Crippen LogP contribution in [0.3, 0.4) is 0 Å². The Balaban J connectivity index is 1.43. The molecular formula is C30H28N6O3S. The molecule has 4 heterocycles. The second-order valence-corrected chi connectivity index (χ2v) is 11.7. The molecule has 202 valence electrons. The van der Waals surface area contributed by atoms with Gasteiger partial charge in [-0.25, -0.2) is 9.67 Å². The summed E-state index contributed by atoms with van der Waals surface area (Å²) in [6.45, 7) is 5.61. The Hall–Kier alpha value is -4.57. The lowest BCUT2D eigenvalue weighted by molar-refractivity contribution is -0.124. The van der Waals surface area contributed by atoms with Gasteiger partial charge in [0.05, 0.1) is 40.4 Å². The lowest BCUT2D eigenvalue weighted by atomic mass is 9.82. The summed E-state index contributed by atoms with van der Waals surface area (Å²) in [6, 6.07) is 17.8. The number of anilines is 1. The molecule has 1 aliphatic heterocycles. The van der Waals surface area contributed by atoms with Gasteiger partial charge >= 0.3 is 0 Å². The van der Waals surface area contributed by atoms with Gasteiger partial charge in [-0.1, -0.05) is 30.3 Å². The van der Waals surface area contributed by atoms with E-state index in [4.69, 9.17) is 0 Å². The van der Waals surface area contributed by atoms with Crippen molar-refractivity contribution in [2.24, 2.45) is 12.5 Å². The van der Waals surface area contributed by atoms with E-state index in [0.717, 1.165) is 27.0 Å². The van der Waals surface area contributed by atoms with Crippen molar-refractivity contribution in [1.29, 1.82) is 0 Å². The lowest BCUT2D eigenvalue weighted by Gasteiger charge is -2.30. The summed E-state index contributed by atoms with van der Waals surface area (Å²) < 4.78 is 3.27. The highest BCUT2D eigenvalue weighted by Crippen LogP contribution is 2.47. The number of hydrogen-bond donors (Lipinski definition) is 1. The van der Waals surface area contributed by atoms with E-state index < -0.39 is 17.5 Å². The van der Waals surface area contributed by atoms with Gasteiger partial charge in [0, 0.05) is 35.3 Å². The zero-order valence-corrected chi connectivity index (χ0v) is 23.3. The van der Waals surface area contributed by atoms with Crippen LogP contribution in [0.4, 0.5) is 5.69 Å². The minimum atomic E-state index is -0.895. The Kier molecular flexibility index (Phi) is 6.14. The van der Waals surface area contributed by atoms with Crippen LogP contribution >= 0.6 is 11.3 Å². The maximum Gasteiger partial charge on any atom is 0.271 e. The van der Waals surface area contributed by atoms with E-state index in [1.165, 1.54) is 22.0 Å². The molecule has 6 rings (SSSR count). The van der Waals surface area contributed by atoms with E-state index >= 15 is 0 Å². The first-order valence-electron chi connectivity index (χ1n) is 12.9. The second kappa shape index (κ2) is 9.56. The van der Waals surface area contributed by atoms with E-state index in [9.17, 15) is 14.4 Å². The third-order valence-electron chi connectivity index (χ3n) is 7.67. The molecule has 9 nitrogen and oxygen atoms in total. The zero-order valence-electron chi connectivity index (χ0n) is 22.5. The molecule has 3 aromatic heterocycles. The smallest absolute Gasteiger partial charge is 0.271 e. The van der Waals surface area contributed by atoms with E-state index in [2.05, 4.69) is 15.4 Å². The number of nitrogens with zero attached hydrogens (tertiary/aromatic N) is 5. The van der Waals surface area contributed by atoms with Gasteiger partial charge in [0.1, 0.15) is 5.69 Å². The number of carbonyl (C=O) groups excluding carboxylic acids is 2. The van der Waals surface area contributed by atoms with E-state index in [0.29, 0.717) is 11.4 Å². The number of aromatic nitrogens is 4. The lowest BCUT2D eigenvalue weighted by Crippen LogP contribution is -2.46. The van der Waals surface area contributed by atoms with Crippen LogP contribution in [-0.4, -0.2) is 37.2 Å². The molecular weight excluding hydrogens is 524 g/mol. The number of fused-ring (bicyclic) bond motifs is 1. The molecule has 1 fully saturated rings. The Morgan fingerprint density at radius 2 is 1.77 bits per heavy atom. The molecule has 5 aromatic rings. The molecule has 0 saturated carbocycles. The molecule has 0 radical (unpaired) electrons. The predicted molar refractivity (Wildman–Crippen MR) is 155 cm³/mol. The van der Waals surface area contributed by atoms with Crippen molar-refractivity contribution in [2.45, 2.75) is 32.9 Å². The first kappa shape index (κ1) is 25.7. The van der Waals surface area contributed by atoms with Crippen molar-refractivity contribution in [1.82, 2.24) is 24.6 Å². The minimum absolute atomic E-state index is 0.0912. The van der Waals surface area contributed by atoms with Crippen LogP contribution in [0.15, 0.2) is 83.4 Å². The number of carbonyl (C=O) groups is 2. The number of hydrogen-bond acceptors (Lipinski definition) is 6. The highest BCUT2D eigenvalue weighted by Gasteiger charge is 2.55. The predicted octanol–water partition coefficient (Wildman–Crippen LogP) is 4.40. The van der Waals surface area contributed by atoms with Crippen LogP contribution in [0, 0.1) is 12.3 Å². The molecule has 1 N–H and O–H groups in total. The average molecular weight is 553 g/mol. The minimum Gasteiger partial charge on any atom is -0.344 e. The van der Waals surface area contributed by atoms with Crippen molar-refractivity contribution in [3.63, 3.8) is 0 Å². The largest absolute Gasteiger partial charge is 0.344 e. The van der Waals surface area contributed by atoms with Gasteiger partial charge in [0.25, 0.3) is 5.91 Å². The summed E-state index contributed by atoms with van der Waals surface area (Å²) in [4.78, 5) is 46.2. The summed E-state index contributed by atoms with van der Waals surface area (Å²) in [5.41, 5.74) is 4.26. The molecule has 1 aliphatic rings. The van der Waals surface area contributed by atoms with E-state index in [1.807, 2.05) is 69.3 Å². The summed E-state index contributed by atoms with van der Waals surface area (Å²) in [6.07, 6.45) is 3.48. The van der Waals surface area contributed by atoms with Crippen LogP contribution < -0.4 is 15.8 Å². The highest BCUT2D eigenvalue weighted by atomic mass is 32.1. The van der Waals surface area contributed by atoms with Crippen LogP contribution in [0.25, 0.3) is 16.6 Å². The second-order valence-electron chi connectivity index (χ2n) is 10.6. The normalized spacial score (nSPS) is 18.4. The van der Waals surface area contributed by atoms with Gasteiger partial charge in [-0.2, -0.15) is 5.10 Å². The van der Waals surface area contributed by atoms with Crippen molar-refractivity contribution in [3.8, 4) is 5.69 Å². The van der Waals surface area contributed by atoms with Gasteiger partial charge in [-0.05, 0) is 50.6 Å². The topological polar surface area (TPSA) is 102 Å². The monoisotopic (exact) mass is 552 g/mol. The number of amides is 2. The van der Waals surface area contributed by atoms with Crippen molar-refractivity contribution in [3.05, 3.63) is 105 Å². The molecule has 40 heavy (non-hydrogen) atoms. The van der Waals surface area contributed by atoms with Gasteiger partial charge < -0.3 is 14.8 Å². The Morgan fingerprint density at radius 3 is 2.48 bits per heavy atom. The molecule has 0 bridgehead atoms. The number of nitrogens with one attached hydrogen (secondary N) is 1. The first-order chi connectivity index (χ1) is 19.2. The Morgan fingerprint density at radius 1 is 1.02 bits per heavy atom. The average Bonchev–Trinajstić information content (AvgIpc) is 3.62. The maximum absolute atomic E-state index is 14.1. The SMILES string of the molecule is Cc1scnc1C(=O)N[C@@H]1[C@@H](c2ccccc2)N(c2ccc3c(cnn3-c3ccc(=O)n(C)c3)c2)C(=O)C1(C)C. The van der Waals surface area contributed by atoms with Crippen LogP contribution in [0.5, 0.6) is 0 Å². The van der Waals surface area contributed by atoms with Gasteiger partial charge in [-0.3, -0.25) is 14.4 Å².